The first-order valence-corrected chi connectivity index (χ1v) is 8.30. The lowest BCUT2D eigenvalue weighted by Gasteiger charge is -2.09. The molecule has 0 fully saturated rings. The molecule has 0 aliphatic rings. The van der Waals surface area contributed by atoms with Crippen molar-refractivity contribution in [2.24, 2.45) is 0 Å². The topological polar surface area (TPSA) is 56.1 Å². The molecule has 0 saturated heterocycles. The molecule has 3 aromatic rings. The van der Waals surface area contributed by atoms with Gasteiger partial charge in [-0.15, -0.1) is 11.3 Å². The lowest BCUT2D eigenvalue weighted by atomic mass is 10.3. The van der Waals surface area contributed by atoms with Crippen LogP contribution in [0, 0.1) is 25.5 Å². The Morgan fingerprint density at radius 2 is 2.12 bits per heavy atom. The second kappa shape index (κ2) is 7.02. The summed E-state index contributed by atoms with van der Waals surface area (Å²) in [7, 11) is 0. The first-order chi connectivity index (χ1) is 12.0. The van der Waals surface area contributed by atoms with Gasteiger partial charge >= 0.3 is 0 Å². The molecule has 0 bridgehead atoms. The Balaban J connectivity index is 1.74. The van der Waals surface area contributed by atoms with E-state index in [0.717, 1.165) is 12.1 Å². The van der Waals surface area contributed by atoms with Crippen LogP contribution in [0.2, 0.25) is 0 Å². The van der Waals surface area contributed by atoms with Crippen molar-refractivity contribution in [1.29, 1.82) is 0 Å². The molecule has 0 aliphatic heterocycles. The molecule has 0 radical (unpaired) electrons. The monoisotopic (exact) mass is 363 g/mol. The van der Waals surface area contributed by atoms with Gasteiger partial charge in [-0.3, -0.25) is 4.79 Å². The maximum Gasteiger partial charge on any atom is 0.265 e. The van der Waals surface area contributed by atoms with E-state index in [0.29, 0.717) is 22.0 Å². The van der Waals surface area contributed by atoms with Crippen molar-refractivity contribution in [2.45, 2.75) is 20.6 Å². The number of hydrogen-bond donors (Lipinski definition) is 1. The van der Waals surface area contributed by atoms with E-state index in [1.807, 2.05) is 5.38 Å². The Kier molecular flexibility index (Phi) is 4.80. The smallest absolute Gasteiger partial charge is 0.265 e. The van der Waals surface area contributed by atoms with Gasteiger partial charge in [0.15, 0.2) is 18.3 Å². The van der Waals surface area contributed by atoms with E-state index in [1.165, 1.54) is 22.1 Å². The van der Waals surface area contributed by atoms with Gasteiger partial charge in [0, 0.05) is 6.07 Å². The van der Waals surface area contributed by atoms with Crippen molar-refractivity contribution in [1.82, 2.24) is 9.78 Å². The molecule has 0 spiro atoms. The highest BCUT2D eigenvalue weighted by atomic mass is 32.1. The lowest BCUT2D eigenvalue weighted by molar-refractivity contribution is 0.103. The summed E-state index contributed by atoms with van der Waals surface area (Å²) in [6.07, 6.45) is 0. The molecule has 0 saturated carbocycles. The largest absolute Gasteiger partial charge is 0.468 e. The van der Waals surface area contributed by atoms with Gasteiger partial charge in [-0.2, -0.15) is 5.10 Å². The van der Waals surface area contributed by atoms with Crippen LogP contribution in [0.15, 0.2) is 35.7 Å². The zero-order chi connectivity index (χ0) is 18.0. The van der Waals surface area contributed by atoms with Crippen LogP contribution in [0.25, 0.3) is 0 Å². The molecule has 130 valence electrons. The molecule has 1 aromatic carbocycles. The van der Waals surface area contributed by atoms with Crippen molar-refractivity contribution in [3.63, 3.8) is 0 Å². The SMILES string of the molecule is Cc1nn(COc2ccc(F)cc2F)c(C)c1NC(=O)c1cccs1. The normalized spacial score (nSPS) is 10.7. The molecular formula is C17H15F2N3O2S. The number of aryl methyl sites for hydroxylation is 1. The van der Waals surface area contributed by atoms with E-state index in [2.05, 4.69) is 10.4 Å². The van der Waals surface area contributed by atoms with Gasteiger partial charge in [0.25, 0.3) is 5.91 Å². The van der Waals surface area contributed by atoms with E-state index in [4.69, 9.17) is 4.74 Å². The first-order valence-electron chi connectivity index (χ1n) is 7.42. The molecule has 0 atom stereocenters. The summed E-state index contributed by atoms with van der Waals surface area (Å²) in [6.45, 7) is 3.46. The minimum Gasteiger partial charge on any atom is -0.468 e. The highest BCUT2D eigenvalue weighted by Gasteiger charge is 2.16. The average molecular weight is 363 g/mol. The number of carbonyl (C=O) groups excluding carboxylic acids is 1. The van der Waals surface area contributed by atoms with E-state index >= 15 is 0 Å². The number of aromatic nitrogens is 2. The Morgan fingerprint density at radius 1 is 1.32 bits per heavy atom. The van der Waals surface area contributed by atoms with Crippen molar-refractivity contribution < 1.29 is 18.3 Å². The third kappa shape index (κ3) is 3.69. The summed E-state index contributed by atoms with van der Waals surface area (Å²) in [5.41, 5.74) is 1.87. The Labute approximate surface area is 146 Å². The number of hydrogen-bond acceptors (Lipinski definition) is 4. The van der Waals surface area contributed by atoms with Crippen LogP contribution in [-0.4, -0.2) is 15.7 Å². The maximum absolute atomic E-state index is 13.6. The van der Waals surface area contributed by atoms with Gasteiger partial charge in [-0.25, -0.2) is 13.5 Å². The number of halogens is 2. The number of anilines is 1. The van der Waals surface area contributed by atoms with Gasteiger partial charge in [0.1, 0.15) is 5.82 Å². The van der Waals surface area contributed by atoms with Crippen LogP contribution in [0.4, 0.5) is 14.5 Å². The predicted octanol–water partition coefficient (Wildman–Crippen LogP) is 4.13. The predicted molar refractivity (Wildman–Crippen MR) is 91.0 cm³/mol. The van der Waals surface area contributed by atoms with Crippen LogP contribution in [0.3, 0.4) is 0 Å². The van der Waals surface area contributed by atoms with E-state index in [9.17, 15) is 13.6 Å². The van der Waals surface area contributed by atoms with Crippen LogP contribution < -0.4 is 10.1 Å². The van der Waals surface area contributed by atoms with Gasteiger partial charge < -0.3 is 10.1 Å². The highest BCUT2D eigenvalue weighted by molar-refractivity contribution is 7.12. The number of rotatable bonds is 5. The van der Waals surface area contributed by atoms with E-state index in [-0.39, 0.29) is 18.4 Å². The summed E-state index contributed by atoms with van der Waals surface area (Å²) >= 11 is 1.34. The van der Waals surface area contributed by atoms with Crippen molar-refractivity contribution in [3.05, 3.63) is 63.6 Å². The Hall–Kier alpha value is -2.74. The maximum atomic E-state index is 13.6. The zero-order valence-corrected chi connectivity index (χ0v) is 14.4. The van der Waals surface area contributed by atoms with Crippen LogP contribution in [0.1, 0.15) is 21.1 Å². The minimum absolute atomic E-state index is 0.0654. The number of nitrogens with zero attached hydrogens (tertiary/aromatic N) is 2. The number of thiophene rings is 1. The second-order valence-electron chi connectivity index (χ2n) is 5.32. The fourth-order valence-electron chi connectivity index (χ4n) is 2.31. The number of nitrogens with one attached hydrogen (secondary N) is 1. The third-order valence-corrected chi connectivity index (χ3v) is 4.47. The Morgan fingerprint density at radius 3 is 2.80 bits per heavy atom. The van der Waals surface area contributed by atoms with Crippen molar-refractivity contribution in [3.8, 4) is 5.75 Å². The van der Waals surface area contributed by atoms with Crippen LogP contribution in [-0.2, 0) is 6.73 Å². The Bertz CT molecular complexity index is 907. The molecule has 5 nitrogen and oxygen atoms in total. The third-order valence-electron chi connectivity index (χ3n) is 3.60. The molecule has 2 heterocycles. The van der Waals surface area contributed by atoms with E-state index < -0.39 is 11.6 Å². The molecule has 2 aromatic heterocycles. The first kappa shape index (κ1) is 17.1. The van der Waals surface area contributed by atoms with E-state index in [1.54, 1.807) is 26.0 Å². The van der Waals surface area contributed by atoms with Crippen molar-refractivity contribution in [2.75, 3.05) is 5.32 Å². The number of benzene rings is 1. The number of amides is 1. The standard InChI is InChI=1S/C17H15F2N3O2S/c1-10-16(20-17(23)15-4-3-7-25-15)11(2)22(21-10)9-24-14-6-5-12(18)8-13(14)19/h3-8H,9H2,1-2H3,(H,20,23). The quantitative estimate of drug-likeness (QED) is 0.742. The second-order valence-corrected chi connectivity index (χ2v) is 6.27. The highest BCUT2D eigenvalue weighted by Crippen LogP contribution is 2.23. The molecule has 25 heavy (non-hydrogen) atoms. The fourth-order valence-corrected chi connectivity index (χ4v) is 2.93. The fraction of sp³-hybridized carbons (Fsp3) is 0.176. The summed E-state index contributed by atoms with van der Waals surface area (Å²) in [6, 6.07) is 6.62. The van der Waals surface area contributed by atoms with Crippen molar-refractivity contribution >= 4 is 22.9 Å². The number of carbonyl (C=O) groups is 1. The van der Waals surface area contributed by atoms with Gasteiger partial charge in [-0.1, -0.05) is 6.07 Å². The van der Waals surface area contributed by atoms with Crippen LogP contribution >= 0.6 is 11.3 Å². The van der Waals surface area contributed by atoms with Gasteiger partial charge in [0.05, 0.1) is 22.0 Å². The molecule has 8 heteroatoms. The summed E-state index contributed by atoms with van der Waals surface area (Å²) in [4.78, 5) is 12.8. The molecule has 0 aliphatic carbocycles. The van der Waals surface area contributed by atoms with Gasteiger partial charge in [-0.05, 0) is 37.4 Å². The van der Waals surface area contributed by atoms with Crippen LogP contribution in [0.5, 0.6) is 5.75 Å². The molecular weight excluding hydrogens is 348 g/mol. The minimum atomic E-state index is -0.784. The zero-order valence-electron chi connectivity index (χ0n) is 13.5. The van der Waals surface area contributed by atoms with Gasteiger partial charge in [0.2, 0.25) is 0 Å². The average Bonchev–Trinajstić information content (AvgIpc) is 3.18. The summed E-state index contributed by atoms with van der Waals surface area (Å²) in [5.74, 6) is -1.74. The molecule has 1 N–H and O–H groups in total. The number of ether oxygens (including phenoxy) is 1. The molecule has 1 amide bonds. The molecule has 3 rings (SSSR count). The summed E-state index contributed by atoms with van der Waals surface area (Å²) < 4.78 is 33.4. The lowest BCUT2D eigenvalue weighted by Crippen LogP contribution is -2.13. The molecule has 0 unspecified atom stereocenters. The summed E-state index contributed by atoms with van der Waals surface area (Å²) in [5, 5.41) is 8.94.